The molecule has 1 aliphatic heterocycles. The van der Waals surface area contributed by atoms with Crippen LogP contribution in [0.15, 0.2) is 29.5 Å². The molecule has 0 aliphatic carbocycles. The van der Waals surface area contributed by atoms with Crippen molar-refractivity contribution in [1.29, 1.82) is 0 Å². The number of aromatic nitrogens is 1. The Balaban J connectivity index is 0.000000612. The Morgan fingerprint density at radius 3 is 2.65 bits per heavy atom. The van der Waals surface area contributed by atoms with Crippen LogP contribution in [0.1, 0.15) is 25.0 Å². The molecule has 0 unspecified atom stereocenters. The molecule has 0 bridgehead atoms. The number of hydrogen-bond donors (Lipinski definition) is 1. The zero-order chi connectivity index (χ0) is 14.6. The number of hydrazone groups is 1. The van der Waals surface area contributed by atoms with Gasteiger partial charge in [0, 0.05) is 19.3 Å². The zero-order valence-electron chi connectivity index (χ0n) is 10.7. The first kappa shape index (κ1) is 17.7. The summed E-state index contributed by atoms with van der Waals surface area (Å²) in [5.74, 6) is 0. The van der Waals surface area contributed by atoms with E-state index in [0.29, 0.717) is 5.11 Å². The van der Waals surface area contributed by atoms with E-state index in [0.717, 1.165) is 31.9 Å². The van der Waals surface area contributed by atoms with Crippen molar-refractivity contribution >= 4 is 43.7 Å². The first-order chi connectivity index (χ1) is 9.77. The molecule has 1 fully saturated rings. The molecule has 2 heterocycles. The summed E-state index contributed by atoms with van der Waals surface area (Å²) in [5, 5.41) is 4.80. The van der Waals surface area contributed by atoms with Crippen molar-refractivity contribution in [3.63, 3.8) is 0 Å². The minimum absolute atomic E-state index is 0.705. The van der Waals surface area contributed by atoms with E-state index in [4.69, 9.17) is 12.2 Å². The fraction of sp³-hybridized carbons (Fsp3) is 0.417. The fourth-order valence-electron chi connectivity index (χ4n) is 1.77. The quantitative estimate of drug-likeness (QED) is 0.369. The van der Waals surface area contributed by atoms with Gasteiger partial charge in [-0.3, -0.25) is 10.4 Å². The van der Waals surface area contributed by atoms with Crippen molar-refractivity contribution in [3.8, 4) is 0 Å². The van der Waals surface area contributed by atoms with Crippen LogP contribution in [0.3, 0.4) is 0 Å². The van der Waals surface area contributed by atoms with Gasteiger partial charge in [0.05, 0.1) is 11.9 Å². The van der Waals surface area contributed by atoms with E-state index >= 15 is 0 Å². The second-order valence-electron chi connectivity index (χ2n) is 4.02. The number of nitrogens with zero attached hydrogens (tertiary/aromatic N) is 3. The molecule has 1 saturated heterocycles. The van der Waals surface area contributed by atoms with Crippen LogP contribution >= 0.6 is 32.4 Å². The third-order valence-electron chi connectivity index (χ3n) is 2.69. The fourth-order valence-corrected chi connectivity index (χ4v) is 2.01. The summed E-state index contributed by atoms with van der Waals surface area (Å²) in [7, 11) is 9.34. The van der Waals surface area contributed by atoms with E-state index in [1.54, 1.807) is 12.4 Å². The Hall–Kier alpha value is -0.391. The summed E-state index contributed by atoms with van der Waals surface area (Å²) in [6.45, 7) is 2.07. The van der Waals surface area contributed by atoms with Crippen LogP contribution in [-0.2, 0) is 13.1 Å². The third kappa shape index (κ3) is 7.41. The Morgan fingerprint density at radius 2 is 2.05 bits per heavy atom. The molecule has 8 heteroatoms. The first-order valence-electron chi connectivity index (χ1n) is 6.08. The average Bonchev–Trinajstić information content (AvgIpc) is 2.50. The van der Waals surface area contributed by atoms with Gasteiger partial charge >= 0.3 is 33.3 Å². The molecule has 1 aromatic rings. The summed E-state index contributed by atoms with van der Waals surface area (Å²) < 4.78 is 0. The van der Waals surface area contributed by atoms with E-state index in [9.17, 15) is 0 Å². The van der Waals surface area contributed by atoms with Crippen molar-refractivity contribution in [2.24, 2.45) is 5.10 Å². The molecule has 0 atom stereocenters. The summed E-state index contributed by atoms with van der Waals surface area (Å²) in [6, 6.07) is 5.70. The molecule has 1 aliphatic rings. The van der Waals surface area contributed by atoms with E-state index in [-0.39, 0.29) is 0 Å². The van der Waals surface area contributed by atoms with Gasteiger partial charge in [0.15, 0.2) is 5.11 Å². The molecule has 4 nitrogen and oxygen atoms in total. The number of halogens is 2. The molecule has 0 spiro atoms. The molecule has 0 radical (unpaired) electrons. The summed E-state index contributed by atoms with van der Waals surface area (Å²) in [6.07, 6.45) is 7.15. The number of piperidine rings is 1. The topological polar surface area (TPSA) is 40.5 Å². The van der Waals surface area contributed by atoms with Crippen LogP contribution in [0.5, 0.6) is 0 Å². The number of likely N-dealkylation sites (tertiary alicyclic amines) is 1. The van der Waals surface area contributed by atoms with E-state index in [1.165, 1.54) is 19.3 Å². The van der Waals surface area contributed by atoms with Crippen molar-refractivity contribution in [3.05, 3.63) is 30.1 Å². The van der Waals surface area contributed by atoms with Gasteiger partial charge in [0.25, 0.3) is 0 Å². The number of pyridine rings is 1. The van der Waals surface area contributed by atoms with Gasteiger partial charge in [0.2, 0.25) is 0 Å². The molecule has 2 rings (SSSR count). The monoisotopic (exact) mass is 381 g/mol. The minimum atomic E-state index is 0.705. The molecule has 0 saturated carbocycles. The summed E-state index contributed by atoms with van der Waals surface area (Å²) in [5.41, 5.74) is 3.71. The van der Waals surface area contributed by atoms with Crippen molar-refractivity contribution in [2.45, 2.75) is 19.3 Å². The maximum absolute atomic E-state index is 5.27. The standard InChI is InChI=1S/C12H16N4S.2ClH.Cu/c17-12(16-8-4-1-5-9-16)15-14-10-11-6-2-3-7-13-11;;;/h2-3,6-7,10H,1,4-5,8-9H2,(H,15,17);2*1H;/q;;;+2/p-2. The first-order valence-corrected chi connectivity index (χ1v) is 9.08. The Bertz CT molecular complexity index is 413. The third-order valence-corrected chi connectivity index (χ3v) is 3.04. The number of rotatable bonds is 2. The molecule has 0 amide bonds. The van der Waals surface area contributed by atoms with Crippen LogP contribution < -0.4 is 5.43 Å². The zero-order valence-corrected chi connectivity index (χ0v) is 14.0. The number of hydrogen-bond acceptors (Lipinski definition) is 3. The molecule has 0 aromatic carbocycles. The average molecular weight is 383 g/mol. The van der Waals surface area contributed by atoms with E-state index in [1.807, 2.05) is 18.2 Å². The van der Waals surface area contributed by atoms with Crippen molar-refractivity contribution in [2.75, 3.05) is 13.1 Å². The molecular weight excluding hydrogens is 367 g/mol. The molecule has 1 N–H and O–H groups in total. The SMILES string of the molecule is S=C(NN=Cc1ccccn1)N1CCCCC1.[Cl][Cu][Cl]. The van der Waals surface area contributed by atoms with Gasteiger partial charge in [-0.25, -0.2) is 0 Å². The van der Waals surface area contributed by atoms with Crippen molar-refractivity contribution < 1.29 is 13.1 Å². The van der Waals surface area contributed by atoms with Gasteiger partial charge in [-0.15, -0.1) is 0 Å². The molecular formula is C12H16Cl2CuN4S. The van der Waals surface area contributed by atoms with Crippen LogP contribution in [0.2, 0.25) is 0 Å². The van der Waals surface area contributed by atoms with Crippen LogP contribution in [0, 0.1) is 0 Å². The normalized spacial score (nSPS) is 14.8. The predicted octanol–water partition coefficient (Wildman–Crippen LogP) is 3.15. The number of thiocarbonyl (C=S) groups is 1. The Labute approximate surface area is 139 Å². The van der Waals surface area contributed by atoms with Crippen LogP contribution in [0.25, 0.3) is 0 Å². The summed E-state index contributed by atoms with van der Waals surface area (Å²) in [4.78, 5) is 6.30. The van der Waals surface area contributed by atoms with Gasteiger partial charge < -0.3 is 4.90 Å². The molecule has 115 valence electrons. The van der Waals surface area contributed by atoms with E-state index < -0.39 is 0 Å². The van der Waals surface area contributed by atoms with Crippen LogP contribution in [-0.4, -0.2) is 34.3 Å². The maximum atomic E-state index is 5.27. The summed E-state index contributed by atoms with van der Waals surface area (Å²) >= 11 is 6.03. The van der Waals surface area contributed by atoms with Gasteiger partial charge in [-0.2, -0.15) is 5.10 Å². The Morgan fingerprint density at radius 1 is 1.35 bits per heavy atom. The molecule has 20 heavy (non-hydrogen) atoms. The van der Waals surface area contributed by atoms with E-state index in [2.05, 4.69) is 40.6 Å². The second-order valence-corrected chi connectivity index (χ2v) is 5.96. The number of nitrogens with one attached hydrogen (secondary N) is 1. The van der Waals surface area contributed by atoms with Gasteiger partial charge in [-0.05, 0) is 43.6 Å². The predicted molar refractivity (Wildman–Crippen MR) is 84.7 cm³/mol. The second kappa shape index (κ2) is 11.3. The van der Waals surface area contributed by atoms with Gasteiger partial charge in [-0.1, -0.05) is 6.07 Å². The Kier molecular flexibility index (Phi) is 9.97. The van der Waals surface area contributed by atoms with Crippen molar-refractivity contribution in [1.82, 2.24) is 15.3 Å². The van der Waals surface area contributed by atoms with Gasteiger partial charge in [0.1, 0.15) is 0 Å². The van der Waals surface area contributed by atoms with Crippen LogP contribution in [0.4, 0.5) is 0 Å². The molecule has 1 aromatic heterocycles.